The van der Waals surface area contributed by atoms with Crippen LogP contribution in [0.2, 0.25) is 0 Å². The molecule has 0 aromatic heterocycles. The van der Waals surface area contributed by atoms with Crippen molar-refractivity contribution in [2.24, 2.45) is 16.7 Å². The lowest BCUT2D eigenvalue weighted by molar-refractivity contribution is 0.0778. The molecule has 0 spiro atoms. The van der Waals surface area contributed by atoms with Crippen molar-refractivity contribution in [3.05, 3.63) is 35.9 Å². The van der Waals surface area contributed by atoms with Gasteiger partial charge in [-0.1, -0.05) is 58.0 Å². The highest BCUT2D eigenvalue weighted by Crippen LogP contribution is 2.65. The second-order valence-electron chi connectivity index (χ2n) is 8.03. The normalized spacial score (nSPS) is 36.1. The Kier molecular flexibility index (Phi) is 2.83. The fourth-order valence-electron chi connectivity index (χ4n) is 4.27. The zero-order valence-electron chi connectivity index (χ0n) is 13.0. The minimum absolute atomic E-state index is 0.377. The Bertz CT molecular complexity index is 458. The van der Waals surface area contributed by atoms with E-state index in [2.05, 4.69) is 69.9 Å². The van der Waals surface area contributed by atoms with E-state index in [9.17, 15) is 0 Å². The summed E-state index contributed by atoms with van der Waals surface area (Å²) in [5, 5.41) is 0. The number of nitrogens with zero attached hydrogens (tertiary/aromatic N) is 1. The van der Waals surface area contributed by atoms with Gasteiger partial charge in [-0.05, 0) is 35.7 Å². The molecule has 2 aliphatic rings. The molecule has 1 heteroatoms. The van der Waals surface area contributed by atoms with E-state index in [-0.39, 0.29) is 0 Å². The van der Waals surface area contributed by atoms with Crippen molar-refractivity contribution < 1.29 is 0 Å². The molecule has 1 aliphatic carbocycles. The van der Waals surface area contributed by atoms with Gasteiger partial charge in [0.15, 0.2) is 0 Å². The van der Waals surface area contributed by atoms with Crippen LogP contribution in [0.3, 0.4) is 0 Å². The van der Waals surface area contributed by atoms with Gasteiger partial charge in [0, 0.05) is 18.6 Å². The summed E-state index contributed by atoms with van der Waals surface area (Å²) in [6, 6.07) is 12.3. The molecule has 1 aromatic rings. The van der Waals surface area contributed by atoms with Crippen LogP contribution >= 0.6 is 0 Å². The number of benzene rings is 1. The first-order valence-electron chi connectivity index (χ1n) is 7.64. The third kappa shape index (κ3) is 2.12. The van der Waals surface area contributed by atoms with Gasteiger partial charge in [-0.15, -0.1) is 0 Å². The van der Waals surface area contributed by atoms with E-state index < -0.39 is 0 Å². The summed E-state index contributed by atoms with van der Waals surface area (Å²) < 4.78 is 0. The van der Waals surface area contributed by atoms with Crippen LogP contribution in [0, 0.1) is 16.7 Å². The Morgan fingerprint density at radius 1 is 1.21 bits per heavy atom. The summed E-state index contributed by atoms with van der Waals surface area (Å²) in [6.07, 6.45) is 1.44. The predicted octanol–water partition coefficient (Wildman–Crippen LogP) is 4.50. The van der Waals surface area contributed by atoms with Gasteiger partial charge in [-0.25, -0.2) is 0 Å². The lowest BCUT2D eigenvalue weighted by Gasteiger charge is -2.41. The van der Waals surface area contributed by atoms with E-state index in [0.29, 0.717) is 16.9 Å². The predicted molar refractivity (Wildman–Crippen MR) is 81.0 cm³/mol. The Morgan fingerprint density at radius 2 is 1.84 bits per heavy atom. The van der Waals surface area contributed by atoms with E-state index >= 15 is 0 Å². The van der Waals surface area contributed by atoms with E-state index in [1.54, 1.807) is 0 Å². The van der Waals surface area contributed by atoms with Crippen LogP contribution in [0.25, 0.3) is 0 Å². The first kappa shape index (κ1) is 13.2. The third-order valence-electron chi connectivity index (χ3n) is 5.37. The summed E-state index contributed by atoms with van der Waals surface area (Å²) in [5.74, 6) is 0.915. The molecule has 104 valence electrons. The summed E-state index contributed by atoms with van der Waals surface area (Å²) in [4.78, 5) is 2.77. The van der Waals surface area contributed by atoms with Crippen LogP contribution in [0.1, 0.15) is 52.6 Å². The zero-order valence-corrected chi connectivity index (χ0v) is 13.0. The molecule has 3 unspecified atom stereocenters. The zero-order chi connectivity index (χ0) is 13.8. The van der Waals surface area contributed by atoms with Crippen LogP contribution in [-0.4, -0.2) is 17.5 Å². The number of piperidine rings is 1. The summed E-state index contributed by atoms with van der Waals surface area (Å²) in [5.41, 5.74) is 2.44. The van der Waals surface area contributed by atoms with Crippen LogP contribution in [-0.2, 0) is 0 Å². The molecule has 1 aliphatic heterocycles. The minimum atomic E-state index is 0.377. The van der Waals surface area contributed by atoms with Crippen molar-refractivity contribution in [2.75, 3.05) is 6.54 Å². The first-order valence-corrected chi connectivity index (χ1v) is 7.64. The van der Waals surface area contributed by atoms with Crippen LogP contribution in [0.4, 0.5) is 0 Å². The summed E-state index contributed by atoms with van der Waals surface area (Å²) in [7, 11) is 0. The molecular formula is C18H27N. The monoisotopic (exact) mass is 257 g/mol. The van der Waals surface area contributed by atoms with Crippen LogP contribution in [0.5, 0.6) is 0 Å². The van der Waals surface area contributed by atoms with Crippen LogP contribution < -0.4 is 0 Å². The fourth-order valence-corrected chi connectivity index (χ4v) is 4.27. The molecule has 1 aromatic carbocycles. The van der Waals surface area contributed by atoms with Gasteiger partial charge in [-0.2, -0.15) is 0 Å². The van der Waals surface area contributed by atoms with Crippen molar-refractivity contribution in [3.63, 3.8) is 0 Å². The average Bonchev–Trinajstić information content (AvgIpc) is 2.89. The second kappa shape index (κ2) is 4.09. The van der Waals surface area contributed by atoms with Crippen molar-refractivity contribution in [3.8, 4) is 0 Å². The summed E-state index contributed by atoms with van der Waals surface area (Å²) in [6.45, 7) is 13.4. The SMILES string of the molecule is C[C@H](c1ccccc1)N1CC2(C)CC2C1C(C)(C)C. The molecule has 1 saturated heterocycles. The van der Waals surface area contributed by atoms with Gasteiger partial charge in [0.05, 0.1) is 0 Å². The number of rotatable bonds is 2. The minimum Gasteiger partial charge on any atom is -0.292 e. The molecular weight excluding hydrogens is 230 g/mol. The molecule has 19 heavy (non-hydrogen) atoms. The summed E-state index contributed by atoms with van der Waals surface area (Å²) >= 11 is 0. The van der Waals surface area contributed by atoms with E-state index in [1.165, 1.54) is 18.5 Å². The van der Waals surface area contributed by atoms with Crippen molar-refractivity contribution in [1.29, 1.82) is 0 Å². The molecule has 1 nitrogen and oxygen atoms in total. The first-order chi connectivity index (χ1) is 8.83. The maximum atomic E-state index is 2.77. The van der Waals surface area contributed by atoms with Crippen molar-refractivity contribution in [2.45, 2.75) is 53.1 Å². The highest BCUT2D eigenvalue weighted by molar-refractivity contribution is 5.23. The highest BCUT2D eigenvalue weighted by atomic mass is 15.3. The molecule has 0 radical (unpaired) electrons. The maximum Gasteiger partial charge on any atom is 0.0323 e. The molecule has 4 atom stereocenters. The molecule has 0 N–H and O–H groups in total. The topological polar surface area (TPSA) is 3.24 Å². The van der Waals surface area contributed by atoms with Crippen molar-refractivity contribution in [1.82, 2.24) is 4.90 Å². The number of hydrogen-bond acceptors (Lipinski definition) is 1. The van der Waals surface area contributed by atoms with Gasteiger partial charge in [-0.3, -0.25) is 4.90 Å². The third-order valence-corrected chi connectivity index (χ3v) is 5.37. The molecule has 1 heterocycles. The molecule has 0 bridgehead atoms. The molecule has 0 amide bonds. The van der Waals surface area contributed by atoms with Gasteiger partial charge < -0.3 is 0 Å². The van der Waals surface area contributed by atoms with Crippen molar-refractivity contribution >= 4 is 0 Å². The van der Waals surface area contributed by atoms with Gasteiger partial charge >= 0.3 is 0 Å². The Morgan fingerprint density at radius 3 is 2.42 bits per heavy atom. The van der Waals surface area contributed by atoms with Gasteiger partial charge in [0.2, 0.25) is 0 Å². The van der Waals surface area contributed by atoms with E-state index in [0.717, 1.165) is 12.0 Å². The van der Waals surface area contributed by atoms with Gasteiger partial charge in [0.25, 0.3) is 0 Å². The fraction of sp³-hybridized carbons (Fsp3) is 0.667. The Balaban J connectivity index is 1.88. The number of hydrogen-bond donors (Lipinski definition) is 0. The number of likely N-dealkylation sites (tertiary alicyclic amines) is 1. The highest BCUT2D eigenvalue weighted by Gasteiger charge is 2.64. The second-order valence-corrected chi connectivity index (χ2v) is 8.03. The van der Waals surface area contributed by atoms with Gasteiger partial charge in [0.1, 0.15) is 0 Å². The average molecular weight is 257 g/mol. The molecule has 2 fully saturated rings. The standard InChI is InChI=1S/C18H27N/c1-13(14-9-7-6-8-10-14)19-12-18(5)11-15(18)16(19)17(2,3)4/h6-10,13,15-16H,11-12H2,1-5H3/t13-,15?,16?,18?/m1/s1. The molecule has 1 saturated carbocycles. The molecule has 3 rings (SSSR count). The smallest absolute Gasteiger partial charge is 0.0323 e. The number of fused-ring (bicyclic) bond motifs is 1. The lowest BCUT2D eigenvalue weighted by atomic mass is 9.82. The maximum absolute atomic E-state index is 2.77. The Hall–Kier alpha value is -0.820. The Labute approximate surface area is 118 Å². The largest absolute Gasteiger partial charge is 0.292 e. The lowest BCUT2D eigenvalue weighted by Crippen LogP contribution is -2.43. The van der Waals surface area contributed by atoms with Crippen LogP contribution in [0.15, 0.2) is 30.3 Å². The quantitative estimate of drug-likeness (QED) is 0.754. The van der Waals surface area contributed by atoms with E-state index in [4.69, 9.17) is 0 Å². The van der Waals surface area contributed by atoms with E-state index in [1.807, 2.05) is 0 Å².